The van der Waals surface area contributed by atoms with E-state index in [-0.39, 0.29) is 12.5 Å². The van der Waals surface area contributed by atoms with E-state index in [4.69, 9.17) is 10.5 Å². The molecular weight excluding hydrogens is 226 g/mol. The Morgan fingerprint density at radius 1 is 1.47 bits per heavy atom. The van der Waals surface area contributed by atoms with Gasteiger partial charge < -0.3 is 15.2 Å². The molecule has 0 aromatic carbocycles. The fourth-order valence-corrected chi connectivity index (χ4v) is 1.43. The number of carbonyl (C=O) groups excluding carboxylic acids is 1. The number of ether oxygens (including phenoxy) is 2. The van der Waals surface area contributed by atoms with Crippen molar-refractivity contribution in [1.82, 2.24) is 19.5 Å². The Bertz CT molecular complexity index is 565. The molecule has 90 valence electrons. The Morgan fingerprint density at radius 3 is 2.88 bits per heavy atom. The molecule has 2 aromatic heterocycles. The molecule has 0 unspecified atom stereocenters. The fraction of sp³-hybridized carbons (Fsp3) is 0.333. The summed E-state index contributed by atoms with van der Waals surface area (Å²) in [5.41, 5.74) is 6.54. The summed E-state index contributed by atoms with van der Waals surface area (Å²) in [7, 11) is 2.77. The number of nitrogen functional groups attached to an aromatic ring is 1. The summed E-state index contributed by atoms with van der Waals surface area (Å²) >= 11 is 0. The van der Waals surface area contributed by atoms with Crippen LogP contribution in [0.3, 0.4) is 0 Å². The minimum Gasteiger partial charge on any atom is -0.479 e. The minimum atomic E-state index is -0.437. The van der Waals surface area contributed by atoms with Crippen LogP contribution in [0, 0.1) is 0 Å². The quantitative estimate of drug-likeness (QED) is 0.723. The van der Waals surface area contributed by atoms with Crippen LogP contribution in [0.15, 0.2) is 6.33 Å². The van der Waals surface area contributed by atoms with Crippen molar-refractivity contribution in [2.75, 3.05) is 20.0 Å². The Hall–Kier alpha value is -2.38. The first-order valence-corrected chi connectivity index (χ1v) is 4.75. The van der Waals surface area contributed by atoms with Gasteiger partial charge >= 0.3 is 5.97 Å². The standard InChI is InChI=1S/C9H11N5O3/c1-16-5(15)3-14-7-6(13-9(14)10)8(17-2)12-4-11-7/h4H,3H2,1-2H3,(H2,10,13). The van der Waals surface area contributed by atoms with E-state index in [1.165, 1.54) is 25.1 Å². The summed E-state index contributed by atoms with van der Waals surface area (Å²) in [6.45, 7) is -0.0565. The van der Waals surface area contributed by atoms with E-state index >= 15 is 0 Å². The summed E-state index contributed by atoms with van der Waals surface area (Å²) in [6, 6.07) is 0. The van der Waals surface area contributed by atoms with Gasteiger partial charge in [-0.15, -0.1) is 0 Å². The third kappa shape index (κ3) is 1.84. The maximum Gasteiger partial charge on any atom is 0.325 e. The number of aromatic nitrogens is 4. The molecule has 0 radical (unpaired) electrons. The van der Waals surface area contributed by atoms with Crippen molar-refractivity contribution >= 4 is 23.1 Å². The summed E-state index contributed by atoms with van der Waals surface area (Å²) in [6.07, 6.45) is 1.32. The minimum absolute atomic E-state index is 0.0565. The first kappa shape index (κ1) is 11.1. The third-order valence-corrected chi connectivity index (χ3v) is 2.24. The van der Waals surface area contributed by atoms with Gasteiger partial charge in [0, 0.05) is 0 Å². The lowest BCUT2D eigenvalue weighted by Gasteiger charge is -2.03. The number of hydrogen-bond acceptors (Lipinski definition) is 7. The zero-order valence-electron chi connectivity index (χ0n) is 9.38. The fourth-order valence-electron chi connectivity index (χ4n) is 1.43. The van der Waals surface area contributed by atoms with Crippen molar-refractivity contribution in [1.29, 1.82) is 0 Å². The Labute approximate surface area is 96.4 Å². The molecule has 2 N–H and O–H groups in total. The molecule has 0 bridgehead atoms. The highest BCUT2D eigenvalue weighted by Gasteiger charge is 2.16. The average Bonchev–Trinajstić information content (AvgIpc) is 2.66. The van der Waals surface area contributed by atoms with E-state index in [1.54, 1.807) is 0 Å². The molecule has 0 aliphatic heterocycles. The van der Waals surface area contributed by atoms with Gasteiger partial charge in [-0.3, -0.25) is 9.36 Å². The van der Waals surface area contributed by atoms with Crippen LogP contribution < -0.4 is 10.5 Å². The second-order valence-electron chi connectivity index (χ2n) is 3.19. The third-order valence-electron chi connectivity index (χ3n) is 2.24. The number of fused-ring (bicyclic) bond motifs is 1. The number of nitrogens with zero attached hydrogens (tertiary/aromatic N) is 4. The monoisotopic (exact) mass is 237 g/mol. The molecule has 8 nitrogen and oxygen atoms in total. The predicted molar refractivity (Wildman–Crippen MR) is 58.3 cm³/mol. The molecular formula is C9H11N5O3. The summed E-state index contributed by atoms with van der Waals surface area (Å²) < 4.78 is 11.0. The normalized spacial score (nSPS) is 10.5. The summed E-state index contributed by atoms with van der Waals surface area (Å²) in [5.74, 6) is 0.0306. The van der Waals surface area contributed by atoms with Crippen molar-refractivity contribution in [3.05, 3.63) is 6.33 Å². The second kappa shape index (κ2) is 4.24. The molecule has 0 aliphatic carbocycles. The van der Waals surface area contributed by atoms with Crippen LogP contribution in [-0.4, -0.2) is 39.7 Å². The van der Waals surface area contributed by atoms with Crippen molar-refractivity contribution in [3.8, 4) is 5.88 Å². The smallest absolute Gasteiger partial charge is 0.325 e. The van der Waals surface area contributed by atoms with Crippen molar-refractivity contribution in [2.24, 2.45) is 0 Å². The van der Waals surface area contributed by atoms with Gasteiger partial charge in [0.2, 0.25) is 11.8 Å². The Morgan fingerprint density at radius 2 is 2.24 bits per heavy atom. The van der Waals surface area contributed by atoms with Crippen LogP contribution >= 0.6 is 0 Å². The van der Waals surface area contributed by atoms with Crippen molar-refractivity contribution in [2.45, 2.75) is 6.54 Å². The van der Waals surface area contributed by atoms with Crippen LogP contribution in [0.4, 0.5) is 5.95 Å². The van der Waals surface area contributed by atoms with Gasteiger partial charge in [0.25, 0.3) is 0 Å². The van der Waals surface area contributed by atoms with Gasteiger partial charge in [-0.05, 0) is 0 Å². The zero-order valence-corrected chi connectivity index (χ0v) is 9.38. The molecule has 0 saturated carbocycles. The maximum atomic E-state index is 11.2. The van der Waals surface area contributed by atoms with E-state index in [2.05, 4.69) is 19.7 Å². The van der Waals surface area contributed by atoms with E-state index < -0.39 is 5.97 Å². The molecule has 0 aliphatic rings. The average molecular weight is 237 g/mol. The highest BCUT2D eigenvalue weighted by Crippen LogP contribution is 2.22. The van der Waals surface area contributed by atoms with Crippen molar-refractivity contribution < 1.29 is 14.3 Å². The van der Waals surface area contributed by atoms with Gasteiger partial charge in [0.15, 0.2) is 11.2 Å². The van der Waals surface area contributed by atoms with Gasteiger partial charge in [-0.2, -0.15) is 4.98 Å². The van der Waals surface area contributed by atoms with E-state index in [9.17, 15) is 4.79 Å². The molecule has 0 saturated heterocycles. The van der Waals surface area contributed by atoms with E-state index in [0.29, 0.717) is 17.0 Å². The highest BCUT2D eigenvalue weighted by molar-refractivity contribution is 5.81. The lowest BCUT2D eigenvalue weighted by Crippen LogP contribution is -2.14. The predicted octanol–water partition coefficient (Wildman–Crippen LogP) is -0.410. The number of carbonyl (C=O) groups is 1. The lowest BCUT2D eigenvalue weighted by atomic mass is 10.5. The van der Waals surface area contributed by atoms with Gasteiger partial charge in [-0.1, -0.05) is 0 Å². The number of esters is 1. The van der Waals surface area contributed by atoms with Crippen LogP contribution in [0.5, 0.6) is 5.88 Å². The number of nitrogens with two attached hydrogens (primary N) is 1. The Balaban J connectivity index is 2.56. The molecule has 2 rings (SSSR count). The topological polar surface area (TPSA) is 105 Å². The zero-order chi connectivity index (χ0) is 12.4. The van der Waals surface area contributed by atoms with Crippen LogP contribution in [0.1, 0.15) is 0 Å². The second-order valence-corrected chi connectivity index (χ2v) is 3.19. The van der Waals surface area contributed by atoms with Crippen LogP contribution in [-0.2, 0) is 16.1 Å². The van der Waals surface area contributed by atoms with Crippen LogP contribution in [0.25, 0.3) is 11.2 Å². The number of rotatable bonds is 3. The van der Waals surface area contributed by atoms with Gasteiger partial charge in [0.1, 0.15) is 12.9 Å². The van der Waals surface area contributed by atoms with Crippen LogP contribution in [0.2, 0.25) is 0 Å². The SMILES string of the molecule is COC(=O)Cn1c(N)nc2c(OC)ncnc21. The van der Waals surface area contributed by atoms with Gasteiger partial charge in [0.05, 0.1) is 14.2 Å². The lowest BCUT2D eigenvalue weighted by molar-refractivity contribution is -0.141. The number of hydrogen-bond donors (Lipinski definition) is 1. The molecule has 0 atom stereocenters. The first-order chi connectivity index (χ1) is 8.17. The first-order valence-electron chi connectivity index (χ1n) is 4.75. The molecule has 0 amide bonds. The maximum absolute atomic E-state index is 11.2. The number of imidazole rings is 1. The molecule has 2 heterocycles. The largest absolute Gasteiger partial charge is 0.479 e. The molecule has 2 aromatic rings. The molecule has 17 heavy (non-hydrogen) atoms. The van der Waals surface area contributed by atoms with Gasteiger partial charge in [-0.25, -0.2) is 9.97 Å². The summed E-state index contributed by atoms with van der Waals surface area (Å²) in [5, 5.41) is 0. The molecule has 8 heteroatoms. The number of methoxy groups -OCH3 is 2. The van der Waals surface area contributed by atoms with E-state index in [1.807, 2.05) is 0 Å². The summed E-state index contributed by atoms with van der Waals surface area (Å²) in [4.78, 5) is 23.2. The molecule has 0 fully saturated rings. The van der Waals surface area contributed by atoms with E-state index in [0.717, 1.165) is 0 Å². The highest BCUT2D eigenvalue weighted by atomic mass is 16.5. The Kier molecular flexibility index (Phi) is 2.77. The van der Waals surface area contributed by atoms with Crippen molar-refractivity contribution in [3.63, 3.8) is 0 Å². The molecule has 0 spiro atoms. The number of anilines is 1.